The number of ether oxygens (including phenoxy) is 4. The zero-order chi connectivity index (χ0) is 21.8. The van der Waals surface area contributed by atoms with Crippen LogP contribution in [-0.2, 0) is 24.5 Å². The first kappa shape index (κ1) is 20.9. The summed E-state index contributed by atoms with van der Waals surface area (Å²) >= 11 is 0. The van der Waals surface area contributed by atoms with Gasteiger partial charge in [-0.2, -0.15) is 0 Å². The van der Waals surface area contributed by atoms with Gasteiger partial charge in [0, 0.05) is 27.8 Å². The molecule has 0 amide bonds. The van der Waals surface area contributed by atoms with Crippen LogP contribution in [-0.4, -0.2) is 54.6 Å². The quantitative estimate of drug-likeness (QED) is 0.450. The molecule has 4 rings (SSSR count). The molecule has 1 heterocycles. The molecule has 6 nitrogen and oxygen atoms in total. The summed E-state index contributed by atoms with van der Waals surface area (Å²) in [6, 6.07) is 3.57. The normalized spacial score (nSPS) is 36.4. The van der Waals surface area contributed by atoms with E-state index in [2.05, 4.69) is 23.7 Å². The first-order chi connectivity index (χ1) is 14.3. The number of phenols is 1. The van der Waals surface area contributed by atoms with Gasteiger partial charge in [-0.1, -0.05) is 29.7 Å². The molecular formula is C24H26O6. The topological polar surface area (TPSA) is 80.7 Å². The third-order valence-corrected chi connectivity index (χ3v) is 6.92. The molecule has 1 aromatic rings. The lowest BCUT2D eigenvalue weighted by Crippen LogP contribution is -2.69. The summed E-state index contributed by atoms with van der Waals surface area (Å²) in [6.45, 7) is 3.75. The Morgan fingerprint density at radius 1 is 1.03 bits per heavy atom. The molecule has 1 saturated carbocycles. The summed E-state index contributed by atoms with van der Waals surface area (Å²) in [6.07, 6.45) is 2.82. The van der Waals surface area contributed by atoms with Gasteiger partial charge < -0.3 is 29.2 Å². The third-order valence-electron chi connectivity index (χ3n) is 6.92. The summed E-state index contributed by atoms with van der Waals surface area (Å²) in [7, 11) is 4.60. The minimum Gasteiger partial charge on any atom is -0.508 e. The highest BCUT2D eigenvalue weighted by Crippen LogP contribution is 2.72. The van der Waals surface area contributed by atoms with E-state index in [1.165, 1.54) is 21.3 Å². The number of aliphatic hydroxyl groups excluding tert-OH is 1. The monoisotopic (exact) mass is 410 g/mol. The first-order valence-corrected chi connectivity index (χ1v) is 9.83. The number of allylic oxidation sites excluding steroid dienone is 2. The summed E-state index contributed by atoms with van der Waals surface area (Å²) in [4.78, 5) is 0. The Morgan fingerprint density at radius 3 is 2.37 bits per heavy atom. The SMILES string of the molecule is COC1(OC)CC[C@@]23O[C@@]2(c2cc(C)c(C)c(O)c2)[C@]1(OC)C#C/C=C/C#C[C@H]3O. The van der Waals surface area contributed by atoms with Crippen molar-refractivity contribution in [1.82, 2.24) is 0 Å². The molecule has 0 unspecified atom stereocenters. The molecule has 0 radical (unpaired) electrons. The lowest BCUT2D eigenvalue weighted by Gasteiger charge is -2.51. The molecule has 1 aliphatic heterocycles. The van der Waals surface area contributed by atoms with Crippen molar-refractivity contribution in [3.8, 4) is 29.4 Å². The van der Waals surface area contributed by atoms with E-state index in [0.717, 1.165) is 11.1 Å². The van der Waals surface area contributed by atoms with Gasteiger partial charge in [0.15, 0.2) is 5.60 Å². The summed E-state index contributed by atoms with van der Waals surface area (Å²) in [5, 5.41) is 21.7. The molecule has 0 spiro atoms. The maximum atomic E-state index is 11.1. The molecule has 2 fully saturated rings. The van der Waals surface area contributed by atoms with Crippen molar-refractivity contribution in [2.75, 3.05) is 21.3 Å². The first-order valence-electron chi connectivity index (χ1n) is 9.83. The number of aliphatic hydroxyl groups is 1. The second-order valence-electron chi connectivity index (χ2n) is 7.95. The molecular weight excluding hydrogens is 384 g/mol. The Labute approximate surface area is 176 Å². The summed E-state index contributed by atoms with van der Waals surface area (Å²) in [5.74, 6) is 10.7. The highest BCUT2D eigenvalue weighted by molar-refractivity contribution is 5.55. The van der Waals surface area contributed by atoms with Crippen LogP contribution in [0.25, 0.3) is 0 Å². The van der Waals surface area contributed by atoms with Gasteiger partial charge in [-0.05, 0) is 55.2 Å². The Bertz CT molecular complexity index is 1010. The van der Waals surface area contributed by atoms with Crippen LogP contribution in [0.5, 0.6) is 5.75 Å². The van der Waals surface area contributed by atoms with Crippen molar-refractivity contribution in [3.63, 3.8) is 0 Å². The fraction of sp³-hybridized carbons (Fsp3) is 0.500. The van der Waals surface area contributed by atoms with Gasteiger partial charge in [-0.15, -0.1) is 0 Å². The average molecular weight is 410 g/mol. The van der Waals surface area contributed by atoms with Gasteiger partial charge in [-0.25, -0.2) is 0 Å². The van der Waals surface area contributed by atoms with Gasteiger partial charge in [0.25, 0.3) is 0 Å². The highest BCUT2D eigenvalue weighted by Gasteiger charge is 2.89. The fourth-order valence-electron chi connectivity index (χ4n) is 5.15. The number of methoxy groups -OCH3 is 3. The fourth-order valence-corrected chi connectivity index (χ4v) is 5.15. The van der Waals surface area contributed by atoms with Crippen molar-refractivity contribution in [2.45, 2.75) is 55.4 Å². The van der Waals surface area contributed by atoms with E-state index in [1.54, 1.807) is 18.2 Å². The highest BCUT2D eigenvalue weighted by atomic mass is 16.7. The molecule has 0 aromatic heterocycles. The van der Waals surface area contributed by atoms with E-state index < -0.39 is 28.7 Å². The van der Waals surface area contributed by atoms with E-state index in [-0.39, 0.29) is 5.75 Å². The van der Waals surface area contributed by atoms with Crippen molar-refractivity contribution >= 4 is 0 Å². The van der Waals surface area contributed by atoms with Crippen LogP contribution < -0.4 is 0 Å². The van der Waals surface area contributed by atoms with Crippen molar-refractivity contribution in [2.24, 2.45) is 0 Å². The molecule has 2 N–H and O–H groups in total. The molecule has 3 aliphatic rings. The molecule has 2 bridgehead atoms. The Balaban J connectivity index is 2.10. The van der Waals surface area contributed by atoms with Crippen LogP contribution in [0.1, 0.15) is 29.5 Å². The largest absolute Gasteiger partial charge is 0.508 e. The van der Waals surface area contributed by atoms with Crippen LogP contribution >= 0.6 is 0 Å². The number of rotatable bonds is 4. The van der Waals surface area contributed by atoms with Gasteiger partial charge in [0.05, 0.1) is 0 Å². The maximum Gasteiger partial charge on any atom is 0.218 e. The van der Waals surface area contributed by atoms with Crippen LogP contribution in [0, 0.1) is 37.5 Å². The smallest absolute Gasteiger partial charge is 0.218 e. The Hall–Kier alpha value is -2.32. The number of hydrogen-bond acceptors (Lipinski definition) is 6. The Kier molecular flexibility index (Phi) is 4.78. The zero-order valence-corrected chi connectivity index (χ0v) is 17.8. The second kappa shape index (κ2) is 6.85. The molecule has 6 heteroatoms. The lowest BCUT2D eigenvalue weighted by atomic mass is 9.61. The number of aryl methyl sites for hydroxylation is 1. The molecule has 4 atom stereocenters. The van der Waals surface area contributed by atoms with Gasteiger partial charge in [-0.3, -0.25) is 0 Å². The van der Waals surface area contributed by atoms with Crippen molar-refractivity contribution in [3.05, 3.63) is 41.0 Å². The average Bonchev–Trinajstić information content (AvgIpc) is 3.46. The van der Waals surface area contributed by atoms with E-state index in [0.29, 0.717) is 18.4 Å². The van der Waals surface area contributed by atoms with Crippen LogP contribution in [0.4, 0.5) is 0 Å². The van der Waals surface area contributed by atoms with E-state index in [4.69, 9.17) is 18.9 Å². The number of aromatic hydroxyl groups is 1. The number of phenolic OH excluding ortho intramolecular Hbond substituents is 1. The molecule has 1 aromatic carbocycles. The predicted octanol–water partition coefficient (Wildman–Crippen LogP) is 2.08. The van der Waals surface area contributed by atoms with Crippen LogP contribution in [0.15, 0.2) is 24.3 Å². The van der Waals surface area contributed by atoms with Crippen LogP contribution in [0.3, 0.4) is 0 Å². The zero-order valence-electron chi connectivity index (χ0n) is 17.8. The second-order valence-corrected chi connectivity index (χ2v) is 7.95. The predicted molar refractivity (Wildman–Crippen MR) is 109 cm³/mol. The standard InChI is InChI=1S/C24H26O6/c1-16-14-18(15-19(25)17(16)2)24-21(30-24)12-13-23(28-4,29-5)22(24,27-3)11-9-7-6-8-10-20(21)26/h6-7,14-15,20,25-26H,12-13H2,1-5H3/b7-6+/t20-,21+,22+,24-/m1/s1. The van der Waals surface area contributed by atoms with Gasteiger partial charge in [0.2, 0.25) is 11.4 Å². The maximum absolute atomic E-state index is 11.1. The third kappa shape index (κ3) is 2.29. The molecule has 158 valence electrons. The van der Waals surface area contributed by atoms with E-state index >= 15 is 0 Å². The van der Waals surface area contributed by atoms with E-state index in [9.17, 15) is 10.2 Å². The molecule has 2 aliphatic carbocycles. The van der Waals surface area contributed by atoms with Gasteiger partial charge >= 0.3 is 0 Å². The minimum absolute atomic E-state index is 0.125. The molecule has 30 heavy (non-hydrogen) atoms. The van der Waals surface area contributed by atoms with Gasteiger partial charge in [0.1, 0.15) is 17.5 Å². The van der Waals surface area contributed by atoms with Crippen molar-refractivity contribution in [1.29, 1.82) is 0 Å². The van der Waals surface area contributed by atoms with Crippen LogP contribution in [0.2, 0.25) is 0 Å². The number of benzene rings is 1. The number of hydrogen-bond donors (Lipinski definition) is 2. The van der Waals surface area contributed by atoms with E-state index in [1.807, 2.05) is 19.9 Å². The number of epoxide rings is 1. The minimum atomic E-state index is -1.44. The summed E-state index contributed by atoms with van der Waals surface area (Å²) in [5.41, 5.74) is -1.55. The molecule has 1 saturated heterocycles. The lowest BCUT2D eigenvalue weighted by molar-refractivity contribution is -0.317. The Morgan fingerprint density at radius 2 is 1.73 bits per heavy atom. The summed E-state index contributed by atoms with van der Waals surface area (Å²) < 4.78 is 24.4. The van der Waals surface area contributed by atoms with Crippen molar-refractivity contribution < 1.29 is 29.2 Å².